The van der Waals surface area contributed by atoms with Gasteiger partial charge in [0.25, 0.3) is 0 Å². The van der Waals surface area contributed by atoms with Crippen molar-refractivity contribution in [3.63, 3.8) is 0 Å². The molecule has 3 heteroatoms. The van der Waals surface area contributed by atoms with Crippen LogP contribution in [0, 0.1) is 5.92 Å². The van der Waals surface area contributed by atoms with E-state index >= 15 is 0 Å². The number of nitrogens with zero attached hydrogens (tertiary/aromatic N) is 1. The molecule has 0 atom stereocenters. The molecule has 0 spiro atoms. The molecule has 0 aliphatic carbocycles. The van der Waals surface area contributed by atoms with Gasteiger partial charge in [-0.25, -0.2) is 0 Å². The van der Waals surface area contributed by atoms with E-state index in [2.05, 4.69) is 48.3 Å². The largest absolute Gasteiger partial charge is 0.378 e. The van der Waals surface area contributed by atoms with Gasteiger partial charge in [-0.05, 0) is 30.0 Å². The van der Waals surface area contributed by atoms with E-state index in [1.54, 1.807) is 0 Å². The summed E-state index contributed by atoms with van der Waals surface area (Å²) in [6.45, 7) is 4.83. The molecule has 0 aliphatic rings. The number of benzene rings is 1. The number of anilines is 1. The lowest BCUT2D eigenvalue weighted by Gasteiger charge is -2.13. The minimum absolute atomic E-state index is 0.148. The molecule has 1 N–H and O–H groups in total. The molecule has 1 rings (SSSR count). The Morgan fingerprint density at radius 3 is 2.33 bits per heavy atom. The summed E-state index contributed by atoms with van der Waals surface area (Å²) >= 11 is 0. The summed E-state index contributed by atoms with van der Waals surface area (Å²) < 4.78 is 0. The molecule has 0 heterocycles. The quantitative estimate of drug-likeness (QED) is 0.838. The van der Waals surface area contributed by atoms with E-state index in [4.69, 9.17) is 0 Å². The van der Waals surface area contributed by atoms with Crippen LogP contribution >= 0.6 is 0 Å². The Hall–Kier alpha value is -1.51. The van der Waals surface area contributed by atoms with Gasteiger partial charge in [-0.3, -0.25) is 4.79 Å². The first kappa shape index (κ1) is 14.6. The van der Waals surface area contributed by atoms with Crippen LogP contribution in [0.4, 0.5) is 5.69 Å². The van der Waals surface area contributed by atoms with Crippen molar-refractivity contribution in [3.05, 3.63) is 29.8 Å². The predicted molar refractivity (Wildman–Crippen MR) is 76.9 cm³/mol. The first-order valence-electron chi connectivity index (χ1n) is 6.52. The number of carbonyl (C=O) groups is 1. The summed E-state index contributed by atoms with van der Waals surface area (Å²) in [6.07, 6.45) is 1.50. The van der Waals surface area contributed by atoms with Crippen molar-refractivity contribution in [1.82, 2.24) is 5.32 Å². The van der Waals surface area contributed by atoms with Crippen LogP contribution in [-0.4, -0.2) is 26.5 Å². The van der Waals surface area contributed by atoms with Crippen molar-refractivity contribution in [2.75, 3.05) is 25.5 Å². The van der Waals surface area contributed by atoms with Crippen LogP contribution < -0.4 is 10.2 Å². The Morgan fingerprint density at radius 1 is 1.22 bits per heavy atom. The maximum absolute atomic E-state index is 11.5. The van der Waals surface area contributed by atoms with E-state index < -0.39 is 0 Å². The number of hydrogen-bond donors (Lipinski definition) is 1. The lowest BCUT2D eigenvalue weighted by atomic mass is 10.1. The van der Waals surface area contributed by atoms with Crippen LogP contribution in [0.15, 0.2) is 24.3 Å². The van der Waals surface area contributed by atoms with Gasteiger partial charge in [0.2, 0.25) is 5.91 Å². The van der Waals surface area contributed by atoms with Crippen LogP contribution in [0.2, 0.25) is 0 Å². The zero-order chi connectivity index (χ0) is 13.5. The third-order valence-electron chi connectivity index (χ3n) is 2.78. The van der Waals surface area contributed by atoms with Gasteiger partial charge in [0.1, 0.15) is 0 Å². The van der Waals surface area contributed by atoms with Crippen LogP contribution in [0.1, 0.15) is 25.8 Å². The van der Waals surface area contributed by atoms with Crippen molar-refractivity contribution in [2.24, 2.45) is 5.92 Å². The van der Waals surface area contributed by atoms with Crippen LogP contribution in [0.3, 0.4) is 0 Å². The highest BCUT2D eigenvalue weighted by Gasteiger charge is 2.03. The molecule has 0 saturated heterocycles. The Labute approximate surface area is 110 Å². The lowest BCUT2D eigenvalue weighted by molar-refractivity contribution is -0.121. The molecule has 100 valence electrons. The van der Waals surface area contributed by atoms with E-state index in [0.717, 1.165) is 6.42 Å². The molecule has 1 amide bonds. The van der Waals surface area contributed by atoms with E-state index in [1.165, 1.54) is 11.3 Å². The van der Waals surface area contributed by atoms with Gasteiger partial charge >= 0.3 is 0 Å². The van der Waals surface area contributed by atoms with Crippen molar-refractivity contribution < 1.29 is 4.79 Å². The molecule has 0 fully saturated rings. The summed E-state index contributed by atoms with van der Waals surface area (Å²) in [5.41, 5.74) is 2.45. The zero-order valence-corrected chi connectivity index (χ0v) is 11.9. The van der Waals surface area contributed by atoms with Gasteiger partial charge in [0.15, 0.2) is 0 Å². The standard InChI is InChI=1S/C15H24N2O/c1-12(2)11-15(18)16-10-9-13-5-7-14(8-6-13)17(3)4/h5-8,12H,9-11H2,1-4H3,(H,16,18). The van der Waals surface area contributed by atoms with Gasteiger partial charge in [-0.15, -0.1) is 0 Å². The maximum atomic E-state index is 11.5. The van der Waals surface area contributed by atoms with Gasteiger partial charge in [0.05, 0.1) is 0 Å². The van der Waals surface area contributed by atoms with Gasteiger partial charge in [-0.2, -0.15) is 0 Å². The minimum atomic E-state index is 0.148. The van der Waals surface area contributed by atoms with Crippen molar-refractivity contribution >= 4 is 11.6 Å². The molecule has 1 aromatic carbocycles. The Balaban J connectivity index is 2.33. The highest BCUT2D eigenvalue weighted by molar-refractivity contribution is 5.76. The van der Waals surface area contributed by atoms with E-state index in [-0.39, 0.29) is 5.91 Å². The SMILES string of the molecule is CC(C)CC(=O)NCCc1ccc(N(C)C)cc1. The number of nitrogens with one attached hydrogen (secondary N) is 1. The molecular formula is C15H24N2O. The second-order valence-electron chi connectivity index (χ2n) is 5.26. The summed E-state index contributed by atoms with van der Waals surface area (Å²) in [4.78, 5) is 13.5. The highest BCUT2D eigenvalue weighted by Crippen LogP contribution is 2.12. The van der Waals surface area contributed by atoms with Crippen LogP contribution in [-0.2, 0) is 11.2 Å². The molecule has 1 aromatic rings. The molecule has 0 radical (unpaired) electrons. The molecule has 0 bridgehead atoms. The average Bonchev–Trinajstić information content (AvgIpc) is 2.28. The first-order chi connectivity index (χ1) is 8.49. The normalized spacial score (nSPS) is 10.5. The smallest absolute Gasteiger partial charge is 0.220 e. The summed E-state index contributed by atoms with van der Waals surface area (Å²) in [6, 6.07) is 8.43. The lowest BCUT2D eigenvalue weighted by Crippen LogP contribution is -2.26. The van der Waals surface area contributed by atoms with Crippen LogP contribution in [0.5, 0.6) is 0 Å². The van der Waals surface area contributed by atoms with E-state index in [9.17, 15) is 4.79 Å². The molecule has 18 heavy (non-hydrogen) atoms. The van der Waals surface area contributed by atoms with Crippen molar-refractivity contribution in [3.8, 4) is 0 Å². The highest BCUT2D eigenvalue weighted by atomic mass is 16.1. The summed E-state index contributed by atoms with van der Waals surface area (Å²) in [5, 5.41) is 2.95. The average molecular weight is 248 g/mol. The second kappa shape index (κ2) is 7.04. The Kier molecular flexibility index (Phi) is 5.69. The van der Waals surface area contributed by atoms with Gasteiger partial charge in [-0.1, -0.05) is 26.0 Å². The van der Waals surface area contributed by atoms with Crippen LogP contribution in [0.25, 0.3) is 0 Å². The van der Waals surface area contributed by atoms with Gasteiger partial charge < -0.3 is 10.2 Å². The van der Waals surface area contributed by atoms with Crippen molar-refractivity contribution in [1.29, 1.82) is 0 Å². The molecule has 0 aromatic heterocycles. The minimum Gasteiger partial charge on any atom is -0.378 e. The number of hydrogen-bond acceptors (Lipinski definition) is 2. The fourth-order valence-electron chi connectivity index (χ4n) is 1.75. The number of carbonyl (C=O) groups excluding carboxylic acids is 1. The molecule has 0 aliphatic heterocycles. The Bertz CT molecular complexity index is 369. The first-order valence-corrected chi connectivity index (χ1v) is 6.52. The van der Waals surface area contributed by atoms with Crippen molar-refractivity contribution in [2.45, 2.75) is 26.7 Å². The summed E-state index contributed by atoms with van der Waals surface area (Å²) in [7, 11) is 4.06. The summed E-state index contributed by atoms with van der Waals surface area (Å²) in [5.74, 6) is 0.569. The van der Waals surface area contributed by atoms with E-state index in [0.29, 0.717) is 18.9 Å². The molecule has 3 nitrogen and oxygen atoms in total. The topological polar surface area (TPSA) is 32.3 Å². The number of amides is 1. The third-order valence-corrected chi connectivity index (χ3v) is 2.78. The van der Waals surface area contributed by atoms with E-state index in [1.807, 2.05) is 14.1 Å². The fraction of sp³-hybridized carbons (Fsp3) is 0.533. The molecular weight excluding hydrogens is 224 g/mol. The second-order valence-corrected chi connectivity index (χ2v) is 5.26. The zero-order valence-electron chi connectivity index (χ0n) is 11.9. The molecule has 0 unspecified atom stereocenters. The Morgan fingerprint density at radius 2 is 1.83 bits per heavy atom. The monoisotopic (exact) mass is 248 g/mol. The fourth-order valence-corrected chi connectivity index (χ4v) is 1.75. The predicted octanol–water partition coefficient (Wildman–Crippen LogP) is 2.46. The number of rotatable bonds is 6. The van der Waals surface area contributed by atoms with Gasteiger partial charge in [0, 0.05) is 32.7 Å². The molecule has 0 saturated carbocycles. The third kappa shape index (κ3) is 5.21. The maximum Gasteiger partial charge on any atom is 0.220 e.